The fourth-order valence-corrected chi connectivity index (χ4v) is 0.966. The molecular weight excluding hydrogens is 168 g/mol. The number of aliphatic hydroxyl groups is 1. The maximum atomic E-state index is 8.54. The molecule has 1 heterocycles. The van der Waals surface area contributed by atoms with Crippen LogP contribution in [0.2, 0.25) is 0 Å². The Morgan fingerprint density at radius 3 is 2.27 bits per heavy atom. The molecule has 0 aliphatic carbocycles. The molecule has 11 heavy (non-hydrogen) atoms. The Balaban J connectivity index is 0. The number of morpholine rings is 1. The number of hydrogen-bond acceptors (Lipinski definition) is 4. The van der Waals surface area contributed by atoms with Crippen LogP contribution in [-0.2, 0) is 4.74 Å². The van der Waals surface area contributed by atoms with Crippen molar-refractivity contribution >= 4 is 12.4 Å². The standard InChI is InChI=1S/C6H13NO2.ClH.H3N/c8-4-1-7-2-5-9-6-3-7;;/h8H,1-6H2;1H;1H3. The van der Waals surface area contributed by atoms with E-state index in [1.165, 1.54) is 0 Å². The summed E-state index contributed by atoms with van der Waals surface area (Å²) in [6.45, 7) is 4.64. The zero-order valence-corrected chi connectivity index (χ0v) is 7.48. The van der Waals surface area contributed by atoms with Gasteiger partial charge in [0.15, 0.2) is 0 Å². The normalized spacial score (nSPS) is 18.3. The molecule has 0 amide bonds. The average Bonchev–Trinajstić information content (AvgIpc) is 1.91. The van der Waals surface area contributed by atoms with Gasteiger partial charge in [0, 0.05) is 19.6 Å². The van der Waals surface area contributed by atoms with Crippen molar-refractivity contribution in [3.05, 3.63) is 0 Å². The summed E-state index contributed by atoms with van der Waals surface area (Å²) in [7, 11) is 0. The quantitative estimate of drug-likeness (QED) is 0.629. The fraction of sp³-hybridized carbons (Fsp3) is 1.00. The minimum Gasteiger partial charge on any atom is -0.395 e. The van der Waals surface area contributed by atoms with Crippen LogP contribution in [0, 0.1) is 0 Å². The summed E-state index contributed by atoms with van der Waals surface area (Å²) in [5, 5.41) is 8.54. The summed E-state index contributed by atoms with van der Waals surface area (Å²) in [4.78, 5) is 2.20. The van der Waals surface area contributed by atoms with Crippen molar-refractivity contribution in [2.75, 3.05) is 39.5 Å². The molecule has 70 valence electrons. The first-order chi connectivity index (χ1) is 4.43. The first-order valence-electron chi connectivity index (χ1n) is 3.34. The van der Waals surface area contributed by atoms with Gasteiger partial charge in [0.2, 0.25) is 0 Å². The summed E-state index contributed by atoms with van der Waals surface area (Å²) >= 11 is 0. The Hall–Kier alpha value is 0.130. The Bertz CT molecular complexity index is 76.2. The van der Waals surface area contributed by atoms with Crippen molar-refractivity contribution in [3.63, 3.8) is 0 Å². The van der Waals surface area contributed by atoms with E-state index in [2.05, 4.69) is 4.90 Å². The number of halogens is 1. The molecule has 1 aliphatic heterocycles. The van der Waals surface area contributed by atoms with E-state index in [0.717, 1.165) is 32.8 Å². The van der Waals surface area contributed by atoms with E-state index >= 15 is 0 Å². The third-order valence-corrected chi connectivity index (χ3v) is 1.52. The van der Waals surface area contributed by atoms with Crippen molar-refractivity contribution < 1.29 is 9.84 Å². The summed E-state index contributed by atoms with van der Waals surface area (Å²) in [5.74, 6) is 0. The molecule has 1 fully saturated rings. The molecule has 0 saturated carbocycles. The number of aliphatic hydroxyl groups excluding tert-OH is 1. The predicted molar refractivity (Wildman–Crippen MR) is 46.6 cm³/mol. The number of rotatable bonds is 2. The minimum atomic E-state index is 0. The van der Waals surface area contributed by atoms with E-state index in [4.69, 9.17) is 9.84 Å². The molecule has 0 aromatic carbocycles. The second-order valence-corrected chi connectivity index (χ2v) is 2.18. The molecule has 0 spiro atoms. The zero-order valence-electron chi connectivity index (χ0n) is 6.66. The second kappa shape index (κ2) is 8.23. The molecular formula is C6H17ClN2O2. The third kappa shape index (κ3) is 5.41. The van der Waals surface area contributed by atoms with Gasteiger partial charge in [-0.05, 0) is 0 Å². The van der Waals surface area contributed by atoms with Crippen molar-refractivity contribution in [2.45, 2.75) is 0 Å². The lowest BCUT2D eigenvalue weighted by Gasteiger charge is -2.25. The summed E-state index contributed by atoms with van der Waals surface area (Å²) < 4.78 is 5.12. The van der Waals surface area contributed by atoms with Gasteiger partial charge in [0.05, 0.1) is 19.8 Å². The largest absolute Gasteiger partial charge is 0.395 e. The molecule has 0 radical (unpaired) electrons. The Morgan fingerprint density at radius 1 is 1.27 bits per heavy atom. The average molecular weight is 185 g/mol. The first-order valence-corrected chi connectivity index (χ1v) is 3.34. The van der Waals surface area contributed by atoms with Gasteiger partial charge < -0.3 is 16.0 Å². The predicted octanol–water partition coefficient (Wildman–Crippen LogP) is -0.105. The van der Waals surface area contributed by atoms with E-state index < -0.39 is 0 Å². The van der Waals surface area contributed by atoms with Crippen LogP contribution in [0.1, 0.15) is 0 Å². The van der Waals surface area contributed by atoms with E-state index in [1.807, 2.05) is 0 Å². The monoisotopic (exact) mass is 184 g/mol. The number of nitrogens with zero attached hydrogens (tertiary/aromatic N) is 1. The Kier molecular flexibility index (Phi) is 10.2. The molecule has 1 saturated heterocycles. The minimum absolute atomic E-state index is 0. The topological polar surface area (TPSA) is 67.7 Å². The van der Waals surface area contributed by atoms with Gasteiger partial charge in [-0.25, -0.2) is 0 Å². The van der Waals surface area contributed by atoms with Crippen molar-refractivity contribution in [2.24, 2.45) is 0 Å². The number of β-amino-alcohol motifs (C(OH)–C–C–N with tert-alkyl or cyclic N) is 1. The van der Waals surface area contributed by atoms with Gasteiger partial charge in [0.1, 0.15) is 0 Å². The van der Waals surface area contributed by atoms with Crippen molar-refractivity contribution in [1.29, 1.82) is 0 Å². The summed E-state index contributed by atoms with van der Waals surface area (Å²) in [5.41, 5.74) is 0. The van der Waals surface area contributed by atoms with Crippen LogP contribution < -0.4 is 6.15 Å². The Labute approximate surface area is 73.5 Å². The molecule has 0 atom stereocenters. The second-order valence-electron chi connectivity index (χ2n) is 2.18. The molecule has 0 unspecified atom stereocenters. The van der Waals surface area contributed by atoms with E-state index in [9.17, 15) is 0 Å². The number of ether oxygens (including phenoxy) is 1. The highest BCUT2D eigenvalue weighted by Crippen LogP contribution is 1.93. The highest BCUT2D eigenvalue weighted by molar-refractivity contribution is 5.85. The smallest absolute Gasteiger partial charge is 0.0594 e. The molecule has 4 nitrogen and oxygen atoms in total. The molecule has 1 rings (SSSR count). The van der Waals surface area contributed by atoms with Crippen LogP contribution >= 0.6 is 12.4 Å². The van der Waals surface area contributed by atoms with Crippen LogP contribution in [-0.4, -0.2) is 49.5 Å². The lowest BCUT2D eigenvalue weighted by atomic mass is 10.4. The van der Waals surface area contributed by atoms with Gasteiger partial charge in [-0.2, -0.15) is 0 Å². The Morgan fingerprint density at radius 2 is 1.82 bits per heavy atom. The summed E-state index contributed by atoms with van der Waals surface area (Å²) in [6, 6.07) is 0. The van der Waals surface area contributed by atoms with E-state index in [0.29, 0.717) is 0 Å². The van der Waals surface area contributed by atoms with Gasteiger partial charge in [0.25, 0.3) is 0 Å². The van der Waals surface area contributed by atoms with Crippen LogP contribution in [0.4, 0.5) is 0 Å². The van der Waals surface area contributed by atoms with Crippen LogP contribution in [0.5, 0.6) is 0 Å². The highest BCUT2D eigenvalue weighted by Gasteiger charge is 2.07. The van der Waals surface area contributed by atoms with Crippen molar-refractivity contribution in [1.82, 2.24) is 11.1 Å². The molecule has 0 aromatic rings. The maximum Gasteiger partial charge on any atom is 0.0594 e. The zero-order chi connectivity index (χ0) is 6.53. The van der Waals surface area contributed by atoms with E-state index in [1.54, 1.807) is 0 Å². The number of hydrogen-bond donors (Lipinski definition) is 2. The van der Waals surface area contributed by atoms with Gasteiger partial charge in [-0.1, -0.05) is 0 Å². The van der Waals surface area contributed by atoms with Gasteiger partial charge >= 0.3 is 0 Å². The molecule has 0 bridgehead atoms. The maximum absolute atomic E-state index is 8.54. The van der Waals surface area contributed by atoms with Crippen molar-refractivity contribution in [3.8, 4) is 0 Å². The third-order valence-electron chi connectivity index (χ3n) is 1.52. The van der Waals surface area contributed by atoms with E-state index in [-0.39, 0.29) is 25.2 Å². The lowest BCUT2D eigenvalue weighted by Crippen LogP contribution is -2.37. The van der Waals surface area contributed by atoms with Gasteiger partial charge in [-0.15, -0.1) is 12.4 Å². The lowest BCUT2D eigenvalue weighted by molar-refractivity contribution is 0.0306. The SMILES string of the molecule is Cl.N.OCCN1CCOCC1. The molecule has 5 heteroatoms. The van der Waals surface area contributed by atoms with Crippen LogP contribution in [0.3, 0.4) is 0 Å². The van der Waals surface area contributed by atoms with Crippen LogP contribution in [0.15, 0.2) is 0 Å². The summed E-state index contributed by atoms with van der Waals surface area (Å²) in [6.07, 6.45) is 0. The molecule has 0 aromatic heterocycles. The first kappa shape index (κ1) is 13.7. The highest BCUT2D eigenvalue weighted by atomic mass is 35.5. The van der Waals surface area contributed by atoms with Crippen LogP contribution in [0.25, 0.3) is 0 Å². The van der Waals surface area contributed by atoms with Gasteiger partial charge in [-0.3, -0.25) is 4.90 Å². The molecule has 1 aliphatic rings. The molecule has 4 N–H and O–H groups in total. The fourth-order valence-electron chi connectivity index (χ4n) is 0.966.